The van der Waals surface area contributed by atoms with Crippen molar-refractivity contribution in [1.29, 1.82) is 0 Å². The molecule has 2 N–H and O–H groups in total. The van der Waals surface area contributed by atoms with E-state index in [9.17, 15) is 4.79 Å². The van der Waals surface area contributed by atoms with E-state index in [1.54, 1.807) is 24.5 Å². The first-order valence-corrected chi connectivity index (χ1v) is 11.8. The van der Waals surface area contributed by atoms with E-state index in [0.717, 1.165) is 55.8 Å². The van der Waals surface area contributed by atoms with Gasteiger partial charge in [-0.15, -0.1) is 0 Å². The van der Waals surface area contributed by atoms with Crippen LogP contribution in [0, 0.1) is 0 Å². The summed E-state index contributed by atoms with van der Waals surface area (Å²) in [5.41, 5.74) is 3.19. The van der Waals surface area contributed by atoms with Crippen LogP contribution in [-0.4, -0.2) is 57.1 Å². The van der Waals surface area contributed by atoms with Gasteiger partial charge < -0.3 is 19.4 Å². The molecule has 3 aromatic heterocycles. The molecule has 34 heavy (non-hydrogen) atoms. The fourth-order valence-corrected chi connectivity index (χ4v) is 4.62. The lowest BCUT2D eigenvalue weighted by molar-refractivity contribution is 0.0259. The molecule has 3 aromatic rings. The Morgan fingerprint density at radius 1 is 1.29 bits per heavy atom. The third kappa shape index (κ3) is 4.56. The number of ether oxygens (including phenoxy) is 1. The predicted octanol–water partition coefficient (Wildman–Crippen LogP) is 4.48. The summed E-state index contributed by atoms with van der Waals surface area (Å²) in [4.78, 5) is 15.2. The first kappa shape index (κ1) is 22.2. The van der Waals surface area contributed by atoms with Gasteiger partial charge in [0.05, 0.1) is 35.3 Å². The molecule has 1 fully saturated rings. The summed E-state index contributed by atoms with van der Waals surface area (Å²) >= 11 is 0. The zero-order valence-electron chi connectivity index (χ0n) is 19.5. The molecule has 0 aromatic carbocycles. The number of carbonyl (C=O) groups excluding carboxylic acids is 1. The van der Waals surface area contributed by atoms with E-state index in [2.05, 4.69) is 26.5 Å². The molecule has 0 saturated heterocycles. The third-order valence-electron chi connectivity index (χ3n) is 6.44. The molecular weight excluding hydrogens is 432 g/mol. The molecule has 4 heterocycles. The zero-order valence-corrected chi connectivity index (χ0v) is 19.5. The van der Waals surface area contributed by atoms with Gasteiger partial charge in [-0.1, -0.05) is 12.2 Å². The number of H-pyrrole nitrogens is 1. The van der Waals surface area contributed by atoms with Crippen LogP contribution in [-0.2, 0) is 4.74 Å². The van der Waals surface area contributed by atoms with Gasteiger partial charge in [-0.25, -0.2) is 0 Å². The summed E-state index contributed by atoms with van der Waals surface area (Å²) < 4.78 is 13.6. The Labute approximate surface area is 198 Å². The van der Waals surface area contributed by atoms with Gasteiger partial charge in [0.25, 0.3) is 5.91 Å². The van der Waals surface area contributed by atoms with Gasteiger partial charge >= 0.3 is 0 Å². The lowest BCUT2D eigenvalue weighted by atomic mass is 9.93. The smallest absolute Gasteiger partial charge is 0.291 e. The van der Waals surface area contributed by atoms with Crippen molar-refractivity contribution >= 4 is 17.3 Å². The summed E-state index contributed by atoms with van der Waals surface area (Å²) in [6.45, 7) is 3.58. The lowest BCUT2D eigenvalue weighted by Gasteiger charge is -2.28. The van der Waals surface area contributed by atoms with Crippen molar-refractivity contribution in [3.63, 3.8) is 0 Å². The molecule has 0 radical (unpaired) electrons. The van der Waals surface area contributed by atoms with E-state index in [-0.39, 0.29) is 17.7 Å². The number of nitrogens with zero attached hydrogens (tertiary/aromatic N) is 4. The molecule has 0 atom stereocenters. The maximum atomic E-state index is 13.1. The molecule has 2 aliphatic rings. The maximum Gasteiger partial charge on any atom is 0.291 e. The summed E-state index contributed by atoms with van der Waals surface area (Å²) in [6, 6.07) is 3.72. The van der Waals surface area contributed by atoms with E-state index < -0.39 is 0 Å². The lowest BCUT2D eigenvalue weighted by Crippen LogP contribution is -2.24. The van der Waals surface area contributed by atoms with Crippen LogP contribution in [0.25, 0.3) is 17.0 Å². The normalized spacial score (nSPS) is 20.4. The average Bonchev–Trinajstić information content (AvgIpc) is 3.61. The monoisotopic (exact) mass is 462 g/mol. The first-order chi connectivity index (χ1) is 16.6. The first-order valence-electron chi connectivity index (χ1n) is 11.8. The number of furan rings is 1. The van der Waals surface area contributed by atoms with E-state index in [1.165, 1.54) is 0 Å². The number of hydrogen-bond acceptors (Lipinski definition) is 6. The Kier molecular flexibility index (Phi) is 6.35. The number of hydrogen-bond donors (Lipinski definition) is 2. The van der Waals surface area contributed by atoms with Crippen LogP contribution in [0.2, 0.25) is 0 Å². The Hall–Kier alpha value is -3.59. The van der Waals surface area contributed by atoms with E-state index >= 15 is 0 Å². The standard InChI is InChI=1S/C25H30N6O3/c1-3-33-19-9-7-18(8-10-19)31-16-20(24(29-31)21-6-4-5-13-30(21)2)28-25(32)23-12-11-22(34-23)17-14-26-27-15-17/h4-6,11-12,14-16,18-19H,3,7-10,13H2,1-2H3,(H,26,27)(H,28,32)/t18-,19-. The van der Waals surface area contributed by atoms with Gasteiger partial charge in [0.2, 0.25) is 0 Å². The van der Waals surface area contributed by atoms with Crippen molar-refractivity contribution in [2.75, 3.05) is 25.5 Å². The van der Waals surface area contributed by atoms with Crippen LogP contribution in [0.15, 0.2) is 53.4 Å². The summed E-state index contributed by atoms with van der Waals surface area (Å²) in [5.74, 6) is 0.504. The second-order valence-corrected chi connectivity index (χ2v) is 8.72. The van der Waals surface area contributed by atoms with Crippen molar-refractivity contribution < 1.29 is 13.9 Å². The van der Waals surface area contributed by atoms with Gasteiger partial charge in [-0.05, 0) is 50.8 Å². The fourth-order valence-electron chi connectivity index (χ4n) is 4.62. The zero-order chi connectivity index (χ0) is 23.5. The molecule has 5 rings (SSSR count). The molecule has 1 aliphatic heterocycles. The number of rotatable bonds is 7. The molecular formula is C25H30N6O3. The second kappa shape index (κ2) is 9.72. The van der Waals surface area contributed by atoms with Gasteiger partial charge in [0, 0.05) is 32.6 Å². The highest BCUT2D eigenvalue weighted by atomic mass is 16.5. The van der Waals surface area contributed by atoms with Crippen molar-refractivity contribution in [3.8, 4) is 11.3 Å². The van der Waals surface area contributed by atoms with Crippen LogP contribution >= 0.6 is 0 Å². The third-order valence-corrected chi connectivity index (χ3v) is 6.44. The summed E-state index contributed by atoms with van der Waals surface area (Å²) in [7, 11) is 2.02. The van der Waals surface area contributed by atoms with Gasteiger partial charge in [-0.3, -0.25) is 14.6 Å². The number of aromatic nitrogens is 4. The van der Waals surface area contributed by atoms with Crippen molar-refractivity contribution in [3.05, 3.63) is 60.4 Å². The van der Waals surface area contributed by atoms with Gasteiger partial charge in [-0.2, -0.15) is 10.2 Å². The highest BCUT2D eigenvalue weighted by Gasteiger charge is 2.27. The number of carbonyl (C=O) groups is 1. The molecule has 1 aliphatic carbocycles. The Morgan fingerprint density at radius 2 is 2.15 bits per heavy atom. The number of amides is 1. The molecule has 1 saturated carbocycles. The van der Waals surface area contributed by atoms with E-state index in [4.69, 9.17) is 14.3 Å². The predicted molar refractivity (Wildman–Crippen MR) is 129 cm³/mol. The largest absolute Gasteiger partial charge is 0.451 e. The maximum absolute atomic E-state index is 13.1. The molecule has 9 nitrogen and oxygen atoms in total. The molecule has 1 amide bonds. The summed E-state index contributed by atoms with van der Waals surface area (Å²) in [6.07, 6.45) is 15.8. The SMILES string of the molecule is CCO[C@H]1CC[C@H](n2cc(NC(=O)c3ccc(-c4cn[nH]c4)o3)c(C3=CC=CCN3C)n2)CC1. The van der Waals surface area contributed by atoms with Crippen molar-refractivity contribution in [2.45, 2.75) is 44.8 Å². The Bertz CT molecular complexity index is 1180. The van der Waals surface area contributed by atoms with Crippen LogP contribution in [0.5, 0.6) is 0 Å². The molecule has 0 spiro atoms. The van der Waals surface area contributed by atoms with Crippen LogP contribution < -0.4 is 5.32 Å². The van der Waals surface area contributed by atoms with Gasteiger partial charge in [0.1, 0.15) is 11.5 Å². The van der Waals surface area contributed by atoms with E-state index in [0.29, 0.717) is 17.6 Å². The number of nitrogens with one attached hydrogen (secondary N) is 2. The summed E-state index contributed by atoms with van der Waals surface area (Å²) in [5, 5.41) is 14.7. The minimum absolute atomic E-state index is 0.234. The number of likely N-dealkylation sites (N-methyl/N-ethyl adjacent to an activating group) is 1. The molecule has 178 valence electrons. The fraction of sp³-hybridized carbons (Fsp3) is 0.400. The highest BCUT2D eigenvalue weighted by Crippen LogP contribution is 2.34. The van der Waals surface area contributed by atoms with E-state index in [1.807, 2.05) is 37.0 Å². The number of anilines is 1. The number of aromatic amines is 1. The topological polar surface area (TPSA) is 101 Å². The van der Waals surface area contributed by atoms with Crippen molar-refractivity contribution in [1.82, 2.24) is 24.9 Å². The molecule has 0 bridgehead atoms. The molecule has 9 heteroatoms. The Morgan fingerprint density at radius 3 is 2.88 bits per heavy atom. The van der Waals surface area contributed by atoms with Crippen LogP contribution in [0.3, 0.4) is 0 Å². The number of allylic oxidation sites excluding steroid dienone is 2. The molecule has 0 unspecified atom stereocenters. The minimum Gasteiger partial charge on any atom is -0.451 e. The second-order valence-electron chi connectivity index (χ2n) is 8.72. The van der Waals surface area contributed by atoms with Crippen LogP contribution in [0.4, 0.5) is 5.69 Å². The highest BCUT2D eigenvalue weighted by molar-refractivity contribution is 6.03. The van der Waals surface area contributed by atoms with Gasteiger partial charge in [0.15, 0.2) is 5.76 Å². The Balaban J connectivity index is 1.39. The minimum atomic E-state index is -0.315. The van der Waals surface area contributed by atoms with Crippen LogP contribution in [0.1, 0.15) is 54.9 Å². The quantitative estimate of drug-likeness (QED) is 0.537. The van der Waals surface area contributed by atoms with Crippen molar-refractivity contribution in [2.24, 2.45) is 0 Å². The average molecular weight is 463 g/mol.